The molecule has 0 amide bonds. The second kappa shape index (κ2) is 4.05. The van der Waals surface area contributed by atoms with Gasteiger partial charge < -0.3 is 9.79 Å². The van der Waals surface area contributed by atoms with Crippen LogP contribution >= 0.6 is 7.60 Å². The van der Waals surface area contributed by atoms with Crippen LogP contribution in [-0.2, 0) is 10.7 Å². The zero-order valence-corrected chi connectivity index (χ0v) is 9.61. The molecule has 18 heavy (non-hydrogen) atoms. The van der Waals surface area contributed by atoms with Crippen LogP contribution in [-0.4, -0.2) is 14.8 Å². The third-order valence-electron chi connectivity index (χ3n) is 2.36. The summed E-state index contributed by atoms with van der Waals surface area (Å²) >= 11 is 0. The van der Waals surface area contributed by atoms with Crippen LogP contribution in [0.5, 0.6) is 0 Å². The van der Waals surface area contributed by atoms with Crippen molar-refractivity contribution in [3.8, 4) is 0 Å². The second-order valence-electron chi connectivity index (χ2n) is 3.60. The first-order valence-corrected chi connectivity index (χ1v) is 6.33. The first-order chi connectivity index (χ1) is 8.19. The summed E-state index contributed by atoms with van der Waals surface area (Å²) in [5.74, 6) is 0. The lowest BCUT2D eigenvalue weighted by molar-refractivity contribution is -0.137. The molecule has 1 heterocycles. The molecule has 1 aromatic heterocycles. The third-order valence-corrected chi connectivity index (χ3v) is 3.38. The van der Waals surface area contributed by atoms with Crippen molar-refractivity contribution >= 4 is 23.8 Å². The van der Waals surface area contributed by atoms with Gasteiger partial charge in [0.25, 0.3) is 0 Å². The zero-order valence-electron chi connectivity index (χ0n) is 8.72. The molecule has 0 atom stereocenters. The van der Waals surface area contributed by atoms with Crippen LogP contribution in [0.2, 0.25) is 0 Å². The normalized spacial score (nSPS) is 12.9. The highest BCUT2D eigenvalue weighted by Gasteiger charge is 2.31. The highest BCUT2D eigenvalue weighted by atomic mass is 31.2. The predicted octanol–water partition coefficient (Wildman–Crippen LogP) is 2.06. The molecule has 2 N–H and O–H groups in total. The molecule has 2 rings (SSSR count). The maximum Gasteiger partial charge on any atom is 0.416 e. The molecule has 2 aromatic rings. The third kappa shape index (κ3) is 2.38. The largest absolute Gasteiger partial charge is 0.416 e. The van der Waals surface area contributed by atoms with Crippen LogP contribution in [0.25, 0.3) is 10.9 Å². The summed E-state index contributed by atoms with van der Waals surface area (Å²) in [6, 6.07) is 3.61. The van der Waals surface area contributed by atoms with Crippen molar-refractivity contribution in [3.05, 3.63) is 36.0 Å². The van der Waals surface area contributed by atoms with Crippen molar-refractivity contribution in [2.24, 2.45) is 0 Å². The molecule has 8 heteroatoms. The summed E-state index contributed by atoms with van der Waals surface area (Å²) in [5, 5.41) is -0.653. The fraction of sp³-hybridized carbons (Fsp3) is 0.100. The van der Waals surface area contributed by atoms with E-state index in [4.69, 9.17) is 9.79 Å². The topological polar surface area (TPSA) is 70.4 Å². The van der Waals surface area contributed by atoms with Crippen molar-refractivity contribution in [2.75, 3.05) is 0 Å². The number of benzene rings is 1. The van der Waals surface area contributed by atoms with Crippen LogP contribution in [0.3, 0.4) is 0 Å². The molecule has 0 bridgehead atoms. The van der Waals surface area contributed by atoms with Gasteiger partial charge in [-0.1, -0.05) is 0 Å². The highest BCUT2D eigenvalue weighted by Crippen LogP contribution is 2.37. The molecule has 4 nitrogen and oxygen atoms in total. The van der Waals surface area contributed by atoms with E-state index < -0.39 is 24.6 Å². The number of pyridine rings is 1. The van der Waals surface area contributed by atoms with Gasteiger partial charge in [0.05, 0.1) is 16.4 Å². The Labute approximate surface area is 99.2 Å². The Hall–Kier alpha value is -1.43. The molecule has 0 saturated heterocycles. The summed E-state index contributed by atoms with van der Waals surface area (Å²) in [7, 11) is -4.64. The van der Waals surface area contributed by atoms with Gasteiger partial charge in [0, 0.05) is 11.6 Å². The Morgan fingerprint density at radius 2 is 1.83 bits per heavy atom. The van der Waals surface area contributed by atoms with Crippen molar-refractivity contribution in [1.29, 1.82) is 0 Å². The summed E-state index contributed by atoms with van der Waals surface area (Å²) in [6.07, 6.45) is -3.43. The van der Waals surface area contributed by atoms with E-state index in [1.165, 1.54) is 0 Å². The van der Waals surface area contributed by atoms with Crippen LogP contribution in [0, 0.1) is 0 Å². The number of hydrogen-bond donors (Lipinski definition) is 2. The Kier molecular flexibility index (Phi) is 2.93. The van der Waals surface area contributed by atoms with Gasteiger partial charge in [-0.05, 0) is 24.3 Å². The Balaban J connectivity index is 2.79. The lowest BCUT2D eigenvalue weighted by atomic mass is 10.1. The molecule has 0 unspecified atom stereocenters. The van der Waals surface area contributed by atoms with Gasteiger partial charge in [0.1, 0.15) is 0 Å². The molecular weight excluding hydrogens is 270 g/mol. The van der Waals surface area contributed by atoms with Gasteiger partial charge in [-0.2, -0.15) is 13.2 Å². The van der Waals surface area contributed by atoms with E-state index in [-0.39, 0.29) is 10.9 Å². The van der Waals surface area contributed by atoms with Crippen LogP contribution in [0.15, 0.2) is 30.5 Å². The van der Waals surface area contributed by atoms with E-state index in [0.29, 0.717) is 6.07 Å². The maximum absolute atomic E-state index is 12.5. The zero-order chi connectivity index (χ0) is 13.6. The number of aromatic nitrogens is 1. The predicted molar refractivity (Wildman–Crippen MR) is 58.4 cm³/mol. The van der Waals surface area contributed by atoms with E-state index in [1.807, 2.05) is 0 Å². The molecule has 0 spiro atoms. The minimum atomic E-state index is -4.64. The molecule has 0 saturated carbocycles. The average Bonchev–Trinajstić information content (AvgIpc) is 2.25. The summed E-state index contributed by atoms with van der Waals surface area (Å²) in [4.78, 5) is 21.9. The number of halogens is 3. The first kappa shape index (κ1) is 13.0. The number of hydrogen-bond acceptors (Lipinski definition) is 2. The van der Waals surface area contributed by atoms with E-state index in [1.54, 1.807) is 0 Å². The first-order valence-electron chi connectivity index (χ1n) is 4.71. The number of alkyl halides is 3. The lowest BCUT2D eigenvalue weighted by Crippen LogP contribution is -2.09. The molecule has 0 aliphatic heterocycles. The lowest BCUT2D eigenvalue weighted by Gasteiger charge is -2.11. The van der Waals surface area contributed by atoms with Gasteiger partial charge in [-0.3, -0.25) is 9.55 Å². The Morgan fingerprint density at radius 1 is 1.17 bits per heavy atom. The SMILES string of the molecule is O=P(O)(O)c1ccnc2ccc(C(F)(F)F)cc12. The van der Waals surface area contributed by atoms with Crippen molar-refractivity contribution in [2.45, 2.75) is 6.18 Å². The van der Waals surface area contributed by atoms with Crippen molar-refractivity contribution in [1.82, 2.24) is 4.98 Å². The minimum Gasteiger partial charge on any atom is -0.321 e. The van der Waals surface area contributed by atoms with E-state index >= 15 is 0 Å². The molecule has 96 valence electrons. The van der Waals surface area contributed by atoms with Crippen LogP contribution in [0.4, 0.5) is 13.2 Å². The van der Waals surface area contributed by atoms with Gasteiger partial charge >= 0.3 is 13.8 Å². The minimum absolute atomic E-state index is 0.101. The summed E-state index contributed by atoms with van der Waals surface area (Å²) in [6.45, 7) is 0. The van der Waals surface area contributed by atoms with Crippen LogP contribution < -0.4 is 5.30 Å². The molecule has 0 radical (unpaired) electrons. The fourth-order valence-electron chi connectivity index (χ4n) is 1.56. The van der Waals surface area contributed by atoms with Crippen molar-refractivity contribution < 1.29 is 27.5 Å². The van der Waals surface area contributed by atoms with E-state index in [0.717, 1.165) is 24.4 Å². The van der Waals surface area contributed by atoms with Crippen molar-refractivity contribution in [3.63, 3.8) is 0 Å². The molecule has 0 aliphatic rings. The smallest absolute Gasteiger partial charge is 0.321 e. The van der Waals surface area contributed by atoms with Gasteiger partial charge in [-0.25, -0.2) is 0 Å². The Bertz CT molecular complexity index is 650. The quantitative estimate of drug-likeness (QED) is 0.783. The molecule has 0 fully saturated rings. The van der Waals surface area contributed by atoms with E-state index in [2.05, 4.69) is 4.98 Å². The average molecular weight is 277 g/mol. The summed E-state index contributed by atoms with van der Waals surface area (Å²) < 4.78 is 48.8. The standard InChI is InChI=1S/C10H7F3NO3P/c11-10(12,13)6-1-2-8-7(5-6)9(3-4-14-8)18(15,16)17/h1-5H,(H2,15,16,17). The maximum atomic E-state index is 12.5. The van der Waals surface area contributed by atoms with Gasteiger partial charge in [-0.15, -0.1) is 0 Å². The molecule has 1 aromatic carbocycles. The van der Waals surface area contributed by atoms with E-state index in [9.17, 15) is 17.7 Å². The molecule has 0 aliphatic carbocycles. The fourth-order valence-corrected chi connectivity index (χ4v) is 2.32. The van der Waals surface area contributed by atoms with Gasteiger partial charge in [0.15, 0.2) is 0 Å². The number of nitrogens with zero attached hydrogens (tertiary/aromatic N) is 1. The van der Waals surface area contributed by atoms with Crippen LogP contribution in [0.1, 0.15) is 5.56 Å². The summed E-state index contributed by atoms with van der Waals surface area (Å²) in [5.41, 5.74) is -0.874. The highest BCUT2D eigenvalue weighted by molar-refractivity contribution is 7.60. The van der Waals surface area contributed by atoms with Gasteiger partial charge in [0.2, 0.25) is 0 Å². The molecular formula is C10H7F3NO3P. The second-order valence-corrected chi connectivity index (χ2v) is 5.17. The Morgan fingerprint density at radius 3 is 2.39 bits per heavy atom. The number of rotatable bonds is 1. The number of fused-ring (bicyclic) bond motifs is 1. The monoisotopic (exact) mass is 277 g/mol.